The standard InChI is InChI=1S/C25H17ClO2/c26-19-12-10-17(11-13-19)21-15-23(27)28-25-22(16-6-2-1-3-7-16)14-18-8-4-5-9-20(18)24(21)25/h1-14,21H,15H2/t21-/m1/s1. The van der Waals surface area contributed by atoms with Gasteiger partial charge in [0.15, 0.2) is 0 Å². The van der Waals surface area contributed by atoms with Gasteiger partial charge in [0, 0.05) is 22.1 Å². The number of carbonyl (C=O) groups excluding carboxylic acids is 1. The molecule has 1 aliphatic heterocycles. The Morgan fingerprint density at radius 3 is 2.36 bits per heavy atom. The van der Waals surface area contributed by atoms with E-state index in [0.29, 0.717) is 17.2 Å². The summed E-state index contributed by atoms with van der Waals surface area (Å²) in [5.41, 5.74) is 4.12. The summed E-state index contributed by atoms with van der Waals surface area (Å²) in [6.45, 7) is 0. The number of hydrogen-bond acceptors (Lipinski definition) is 2. The smallest absolute Gasteiger partial charge is 0.312 e. The Kier molecular flexibility index (Phi) is 4.14. The van der Waals surface area contributed by atoms with Crippen LogP contribution < -0.4 is 4.74 Å². The predicted octanol–water partition coefficient (Wildman–Crippen LogP) is 6.60. The zero-order valence-electron chi connectivity index (χ0n) is 15.1. The maximum atomic E-state index is 12.5. The SMILES string of the molecule is O=C1C[C@H](c2ccc(Cl)cc2)c2c(c(-c3ccccc3)cc3ccccc23)O1. The van der Waals surface area contributed by atoms with Crippen LogP contribution >= 0.6 is 11.6 Å². The molecule has 0 spiro atoms. The minimum Gasteiger partial charge on any atom is -0.425 e. The highest BCUT2D eigenvalue weighted by Crippen LogP contribution is 2.48. The predicted molar refractivity (Wildman–Crippen MR) is 113 cm³/mol. The summed E-state index contributed by atoms with van der Waals surface area (Å²) in [4.78, 5) is 12.5. The van der Waals surface area contributed by atoms with Gasteiger partial charge in [0.2, 0.25) is 0 Å². The molecule has 1 heterocycles. The highest BCUT2D eigenvalue weighted by Gasteiger charge is 2.32. The average molecular weight is 385 g/mol. The molecule has 5 rings (SSSR count). The van der Waals surface area contributed by atoms with E-state index >= 15 is 0 Å². The highest BCUT2D eigenvalue weighted by atomic mass is 35.5. The Labute approximate surface area is 168 Å². The van der Waals surface area contributed by atoms with E-state index in [4.69, 9.17) is 16.3 Å². The van der Waals surface area contributed by atoms with E-state index in [1.165, 1.54) is 0 Å². The van der Waals surface area contributed by atoms with Gasteiger partial charge in [0.25, 0.3) is 0 Å². The normalized spacial score (nSPS) is 15.9. The van der Waals surface area contributed by atoms with Crippen LogP contribution in [-0.2, 0) is 4.79 Å². The van der Waals surface area contributed by atoms with Crippen LogP contribution in [0.3, 0.4) is 0 Å². The molecule has 28 heavy (non-hydrogen) atoms. The fraction of sp³-hybridized carbons (Fsp3) is 0.0800. The molecule has 4 aromatic carbocycles. The second-order valence-electron chi connectivity index (χ2n) is 7.04. The van der Waals surface area contributed by atoms with Gasteiger partial charge in [-0.25, -0.2) is 0 Å². The van der Waals surface area contributed by atoms with Crippen LogP contribution in [0, 0.1) is 0 Å². The van der Waals surface area contributed by atoms with Gasteiger partial charge in [-0.1, -0.05) is 78.3 Å². The number of esters is 1. The monoisotopic (exact) mass is 384 g/mol. The summed E-state index contributed by atoms with van der Waals surface area (Å²) in [5, 5.41) is 2.94. The summed E-state index contributed by atoms with van der Waals surface area (Å²) in [5.74, 6) is 0.392. The van der Waals surface area contributed by atoms with Crippen LogP contribution in [-0.4, -0.2) is 5.97 Å². The third kappa shape index (κ3) is 2.87. The molecule has 0 saturated heterocycles. The number of fused-ring (bicyclic) bond motifs is 3. The van der Waals surface area contributed by atoms with E-state index in [-0.39, 0.29) is 11.9 Å². The highest BCUT2D eigenvalue weighted by molar-refractivity contribution is 6.30. The van der Waals surface area contributed by atoms with Crippen LogP contribution in [0.1, 0.15) is 23.5 Å². The topological polar surface area (TPSA) is 26.3 Å². The van der Waals surface area contributed by atoms with E-state index in [1.54, 1.807) is 0 Å². The molecule has 1 atom stereocenters. The first kappa shape index (κ1) is 17.0. The maximum Gasteiger partial charge on any atom is 0.312 e. The molecule has 0 aliphatic carbocycles. The van der Waals surface area contributed by atoms with E-state index in [9.17, 15) is 4.79 Å². The van der Waals surface area contributed by atoms with Crippen LogP contribution in [0.25, 0.3) is 21.9 Å². The van der Waals surface area contributed by atoms with Crippen LogP contribution in [0.4, 0.5) is 0 Å². The molecule has 0 radical (unpaired) electrons. The van der Waals surface area contributed by atoms with Gasteiger partial charge in [0.1, 0.15) is 5.75 Å². The second-order valence-corrected chi connectivity index (χ2v) is 7.47. The quantitative estimate of drug-likeness (QED) is 0.287. The lowest BCUT2D eigenvalue weighted by molar-refractivity contribution is -0.135. The van der Waals surface area contributed by atoms with Gasteiger partial charge in [-0.15, -0.1) is 0 Å². The van der Waals surface area contributed by atoms with Crippen molar-refractivity contribution in [2.75, 3.05) is 0 Å². The van der Waals surface area contributed by atoms with E-state index in [2.05, 4.69) is 18.2 Å². The average Bonchev–Trinajstić information content (AvgIpc) is 2.73. The summed E-state index contributed by atoms with van der Waals surface area (Å²) in [6.07, 6.45) is 0.316. The third-order valence-corrected chi connectivity index (χ3v) is 5.58. The molecule has 0 amide bonds. The molecule has 0 aromatic heterocycles. The Hall–Kier alpha value is -3.10. The van der Waals surface area contributed by atoms with Gasteiger partial charge in [-0.3, -0.25) is 4.79 Å². The van der Waals surface area contributed by atoms with Crippen LogP contribution in [0.5, 0.6) is 5.75 Å². The molecular weight excluding hydrogens is 368 g/mol. The number of hydrogen-bond donors (Lipinski definition) is 0. The van der Waals surface area contributed by atoms with E-state index in [1.807, 2.05) is 66.7 Å². The van der Waals surface area contributed by atoms with Crippen molar-refractivity contribution in [2.24, 2.45) is 0 Å². The Bertz CT molecular complexity index is 1180. The van der Waals surface area contributed by atoms with Crippen molar-refractivity contribution in [1.29, 1.82) is 0 Å². The van der Waals surface area contributed by atoms with Crippen molar-refractivity contribution >= 4 is 28.3 Å². The second kappa shape index (κ2) is 6.81. The van der Waals surface area contributed by atoms with Crippen molar-refractivity contribution in [1.82, 2.24) is 0 Å². The van der Waals surface area contributed by atoms with E-state index in [0.717, 1.165) is 33.0 Å². The summed E-state index contributed by atoms with van der Waals surface area (Å²) in [6, 6.07) is 28.2. The fourth-order valence-electron chi connectivity index (χ4n) is 4.05. The van der Waals surface area contributed by atoms with Crippen molar-refractivity contribution in [3.8, 4) is 16.9 Å². The first-order valence-corrected chi connectivity index (χ1v) is 9.66. The summed E-state index contributed by atoms with van der Waals surface area (Å²) >= 11 is 6.09. The molecule has 4 aromatic rings. The van der Waals surface area contributed by atoms with Crippen molar-refractivity contribution < 1.29 is 9.53 Å². The van der Waals surface area contributed by atoms with Gasteiger partial charge >= 0.3 is 5.97 Å². The molecule has 136 valence electrons. The number of benzene rings is 4. The maximum absolute atomic E-state index is 12.5. The van der Waals surface area contributed by atoms with Crippen LogP contribution in [0.2, 0.25) is 5.02 Å². The number of ether oxygens (including phenoxy) is 1. The number of halogens is 1. The summed E-state index contributed by atoms with van der Waals surface area (Å²) < 4.78 is 5.84. The van der Waals surface area contributed by atoms with Gasteiger partial charge < -0.3 is 4.74 Å². The number of carbonyl (C=O) groups is 1. The molecular formula is C25H17ClO2. The van der Waals surface area contributed by atoms with Crippen molar-refractivity contribution in [3.05, 3.63) is 101 Å². The molecule has 0 bridgehead atoms. The molecule has 3 heteroatoms. The Morgan fingerprint density at radius 2 is 1.57 bits per heavy atom. The first-order chi connectivity index (χ1) is 13.7. The first-order valence-electron chi connectivity index (χ1n) is 9.28. The molecule has 1 aliphatic rings. The number of rotatable bonds is 2. The van der Waals surface area contributed by atoms with Gasteiger partial charge in [-0.05, 0) is 40.1 Å². The third-order valence-electron chi connectivity index (χ3n) is 5.33. The lowest BCUT2D eigenvalue weighted by Crippen LogP contribution is -2.22. The van der Waals surface area contributed by atoms with Crippen molar-refractivity contribution in [3.63, 3.8) is 0 Å². The zero-order valence-corrected chi connectivity index (χ0v) is 15.8. The fourth-order valence-corrected chi connectivity index (χ4v) is 4.17. The minimum atomic E-state index is -0.208. The lowest BCUT2D eigenvalue weighted by atomic mass is 9.81. The molecule has 0 saturated carbocycles. The van der Waals surface area contributed by atoms with Crippen LogP contribution in [0.15, 0.2) is 84.9 Å². The zero-order chi connectivity index (χ0) is 19.1. The molecule has 0 unspecified atom stereocenters. The van der Waals surface area contributed by atoms with Gasteiger partial charge in [-0.2, -0.15) is 0 Å². The summed E-state index contributed by atoms with van der Waals surface area (Å²) in [7, 11) is 0. The van der Waals surface area contributed by atoms with Crippen molar-refractivity contribution in [2.45, 2.75) is 12.3 Å². The largest absolute Gasteiger partial charge is 0.425 e. The van der Waals surface area contributed by atoms with Gasteiger partial charge in [0.05, 0.1) is 6.42 Å². The van der Waals surface area contributed by atoms with E-state index < -0.39 is 0 Å². The minimum absolute atomic E-state index is 0.0675. The molecule has 0 N–H and O–H groups in total. The molecule has 0 fully saturated rings. The Balaban J connectivity index is 1.83. The lowest BCUT2D eigenvalue weighted by Gasteiger charge is -2.28. The molecule has 2 nitrogen and oxygen atoms in total. The Morgan fingerprint density at radius 1 is 0.857 bits per heavy atom.